The molecule has 182 valence electrons. The second-order valence-electron chi connectivity index (χ2n) is 8.83. The van der Waals surface area contributed by atoms with Gasteiger partial charge in [0.25, 0.3) is 0 Å². The maximum Gasteiger partial charge on any atom is 0.407 e. The largest absolute Gasteiger partial charge is 0.480 e. The monoisotopic (exact) mass is 484 g/mol. The van der Waals surface area contributed by atoms with Gasteiger partial charge in [0, 0.05) is 5.92 Å². The highest BCUT2D eigenvalue weighted by Crippen LogP contribution is 2.44. The number of amides is 2. The van der Waals surface area contributed by atoms with E-state index >= 15 is 0 Å². The molecule has 1 aliphatic carbocycles. The molecule has 34 heavy (non-hydrogen) atoms. The number of fused-ring (bicyclic) bond motifs is 3. The summed E-state index contributed by atoms with van der Waals surface area (Å²) in [6.07, 6.45) is 1.88. The maximum absolute atomic E-state index is 12.8. The fraction of sp³-hybridized carbons (Fsp3) is 0.423. The molecule has 3 N–H and O–H groups in total. The van der Waals surface area contributed by atoms with Crippen molar-refractivity contribution in [1.29, 1.82) is 0 Å². The van der Waals surface area contributed by atoms with E-state index < -0.39 is 30.1 Å². The Balaban J connectivity index is 1.65. The molecule has 7 nitrogen and oxygen atoms in total. The lowest BCUT2D eigenvalue weighted by molar-refractivity contribution is -0.142. The van der Waals surface area contributed by atoms with Crippen molar-refractivity contribution < 1.29 is 24.2 Å². The average Bonchev–Trinajstić information content (AvgIpc) is 3.13. The highest BCUT2D eigenvalue weighted by molar-refractivity contribution is 7.98. The Morgan fingerprint density at radius 3 is 2.09 bits per heavy atom. The van der Waals surface area contributed by atoms with Gasteiger partial charge in [0.1, 0.15) is 18.7 Å². The van der Waals surface area contributed by atoms with Crippen molar-refractivity contribution >= 4 is 29.7 Å². The van der Waals surface area contributed by atoms with Gasteiger partial charge in [0.15, 0.2) is 0 Å². The predicted octanol–water partition coefficient (Wildman–Crippen LogP) is 4.26. The van der Waals surface area contributed by atoms with E-state index in [2.05, 4.69) is 22.8 Å². The van der Waals surface area contributed by atoms with Crippen molar-refractivity contribution in [3.05, 3.63) is 59.7 Å². The Morgan fingerprint density at radius 1 is 0.971 bits per heavy atom. The van der Waals surface area contributed by atoms with E-state index in [9.17, 15) is 19.5 Å². The Morgan fingerprint density at radius 2 is 1.56 bits per heavy atom. The number of carbonyl (C=O) groups is 3. The Hall–Kier alpha value is -3.00. The number of hydrogen-bond donors (Lipinski definition) is 3. The summed E-state index contributed by atoms with van der Waals surface area (Å²) >= 11 is 1.54. The first-order valence-electron chi connectivity index (χ1n) is 11.5. The SMILES string of the molecule is CSCCC(NC(=O)OCC1c2ccccc2-c2ccccc21)C(=O)N[C@@H](CC(C)C)C(=O)O. The summed E-state index contributed by atoms with van der Waals surface area (Å²) in [4.78, 5) is 37.0. The van der Waals surface area contributed by atoms with Crippen LogP contribution in [0, 0.1) is 5.92 Å². The van der Waals surface area contributed by atoms with Crippen LogP contribution in [0.25, 0.3) is 11.1 Å². The number of carboxylic acids is 1. The molecule has 0 spiro atoms. The lowest BCUT2D eigenvalue weighted by Gasteiger charge is -2.22. The number of aliphatic carboxylic acids is 1. The van der Waals surface area contributed by atoms with E-state index in [-0.39, 0.29) is 18.4 Å². The van der Waals surface area contributed by atoms with Crippen molar-refractivity contribution in [3.8, 4) is 11.1 Å². The zero-order valence-corrected chi connectivity index (χ0v) is 20.6. The second-order valence-corrected chi connectivity index (χ2v) is 9.82. The summed E-state index contributed by atoms with van der Waals surface area (Å²) in [6, 6.07) is 14.2. The Kier molecular flexibility index (Phi) is 8.98. The van der Waals surface area contributed by atoms with E-state index in [4.69, 9.17) is 4.74 Å². The third kappa shape index (κ3) is 6.32. The van der Waals surface area contributed by atoms with E-state index in [0.29, 0.717) is 18.6 Å². The van der Waals surface area contributed by atoms with Crippen LogP contribution in [0.4, 0.5) is 4.79 Å². The third-order valence-corrected chi connectivity index (χ3v) is 6.53. The van der Waals surface area contributed by atoms with Crippen LogP contribution >= 0.6 is 11.8 Å². The molecule has 2 aromatic rings. The molecule has 1 unspecified atom stereocenters. The second kappa shape index (κ2) is 11.9. The molecule has 8 heteroatoms. The van der Waals surface area contributed by atoms with Gasteiger partial charge in [-0.25, -0.2) is 9.59 Å². The van der Waals surface area contributed by atoms with Crippen LogP contribution in [-0.2, 0) is 14.3 Å². The minimum Gasteiger partial charge on any atom is -0.480 e. The van der Waals surface area contributed by atoms with Gasteiger partial charge < -0.3 is 20.5 Å². The number of ether oxygens (including phenoxy) is 1. The number of alkyl carbamates (subject to hydrolysis) is 1. The van der Waals surface area contributed by atoms with E-state index in [1.807, 2.05) is 56.5 Å². The van der Waals surface area contributed by atoms with Gasteiger partial charge in [0.2, 0.25) is 5.91 Å². The first-order chi connectivity index (χ1) is 16.3. The van der Waals surface area contributed by atoms with Gasteiger partial charge in [-0.2, -0.15) is 11.8 Å². The van der Waals surface area contributed by atoms with Crippen LogP contribution in [-0.4, -0.2) is 53.8 Å². The van der Waals surface area contributed by atoms with Crippen molar-refractivity contribution in [2.24, 2.45) is 5.92 Å². The quantitative estimate of drug-likeness (QED) is 0.440. The predicted molar refractivity (Wildman–Crippen MR) is 134 cm³/mol. The molecule has 0 aliphatic heterocycles. The zero-order chi connectivity index (χ0) is 24.7. The van der Waals surface area contributed by atoms with Crippen LogP contribution < -0.4 is 10.6 Å². The van der Waals surface area contributed by atoms with Crippen molar-refractivity contribution in [3.63, 3.8) is 0 Å². The number of carbonyl (C=O) groups excluding carboxylic acids is 2. The first-order valence-corrected chi connectivity index (χ1v) is 12.8. The van der Waals surface area contributed by atoms with Gasteiger partial charge in [-0.05, 0) is 53.0 Å². The summed E-state index contributed by atoms with van der Waals surface area (Å²) in [5, 5.41) is 14.7. The maximum atomic E-state index is 12.8. The first kappa shape index (κ1) is 25.6. The van der Waals surface area contributed by atoms with Crippen LogP contribution in [0.1, 0.15) is 43.7 Å². The summed E-state index contributed by atoms with van der Waals surface area (Å²) in [5.41, 5.74) is 4.47. The number of benzene rings is 2. The third-order valence-electron chi connectivity index (χ3n) is 5.88. The van der Waals surface area contributed by atoms with Crippen LogP contribution in [0.3, 0.4) is 0 Å². The number of hydrogen-bond acceptors (Lipinski definition) is 5. The lowest BCUT2D eigenvalue weighted by atomic mass is 9.98. The molecule has 0 saturated carbocycles. The molecule has 2 atom stereocenters. The zero-order valence-electron chi connectivity index (χ0n) is 19.7. The molecule has 0 bridgehead atoms. The molecule has 0 radical (unpaired) electrons. The summed E-state index contributed by atoms with van der Waals surface area (Å²) in [7, 11) is 0. The highest BCUT2D eigenvalue weighted by atomic mass is 32.2. The number of nitrogens with one attached hydrogen (secondary N) is 2. The highest BCUT2D eigenvalue weighted by Gasteiger charge is 2.30. The van der Waals surface area contributed by atoms with Crippen molar-refractivity contribution in [2.75, 3.05) is 18.6 Å². The molecule has 0 aromatic heterocycles. The van der Waals surface area contributed by atoms with Gasteiger partial charge >= 0.3 is 12.1 Å². The fourth-order valence-electron chi connectivity index (χ4n) is 4.25. The molecular formula is C26H32N2O5S. The topological polar surface area (TPSA) is 105 Å². The van der Waals surface area contributed by atoms with Gasteiger partial charge in [0.05, 0.1) is 0 Å². The molecule has 0 heterocycles. The molecule has 0 saturated heterocycles. The molecule has 1 aliphatic rings. The summed E-state index contributed by atoms with van der Waals surface area (Å²) in [5.74, 6) is -0.966. The number of thioether (sulfide) groups is 1. The smallest absolute Gasteiger partial charge is 0.407 e. The summed E-state index contributed by atoms with van der Waals surface area (Å²) < 4.78 is 5.56. The van der Waals surface area contributed by atoms with E-state index in [1.165, 1.54) is 0 Å². The Labute approximate surface area is 204 Å². The molecular weight excluding hydrogens is 452 g/mol. The van der Waals surface area contributed by atoms with E-state index in [1.54, 1.807) is 11.8 Å². The normalized spacial score (nSPS) is 14.1. The lowest BCUT2D eigenvalue weighted by Crippen LogP contribution is -2.52. The molecule has 0 fully saturated rings. The van der Waals surface area contributed by atoms with Crippen LogP contribution in [0.15, 0.2) is 48.5 Å². The Bertz CT molecular complexity index is 980. The van der Waals surface area contributed by atoms with Crippen LogP contribution in [0.2, 0.25) is 0 Å². The molecule has 2 amide bonds. The van der Waals surface area contributed by atoms with Crippen molar-refractivity contribution in [1.82, 2.24) is 10.6 Å². The fourth-order valence-corrected chi connectivity index (χ4v) is 4.72. The molecule has 2 aromatic carbocycles. The van der Waals surface area contributed by atoms with Crippen LogP contribution in [0.5, 0.6) is 0 Å². The van der Waals surface area contributed by atoms with E-state index in [0.717, 1.165) is 22.3 Å². The van der Waals surface area contributed by atoms with Gasteiger partial charge in [-0.3, -0.25) is 4.79 Å². The van der Waals surface area contributed by atoms with Gasteiger partial charge in [-0.15, -0.1) is 0 Å². The van der Waals surface area contributed by atoms with Crippen molar-refractivity contribution in [2.45, 2.75) is 44.7 Å². The minimum atomic E-state index is -1.09. The standard InChI is InChI=1S/C26H32N2O5S/c1-16(2)14-23(25(30)31)27-24(29)22(12-13-34-3)28-26(32)33-15-21-19-10-6-4-8-17(19)18-9-5-7-11-20(18)21/h4-11,16,21-23H,12-15H2,1-3H3,(H,27,29)(H,28,32)(H,30,31)/t22?,23-/m0/s1. The van der Waals surface area contributed by atoms with Gasteiger partial charge in [-0.1, -0.05) is 62.4 Å². The minimum absolute atomic E-state index is 0.0842. The molecule has 3 rings (SSSR count). The summed E-state index contributed by atoms with van der Waals surface area (Å²) in [6.45, 7) is 3.92. The average molecular weight is 485 g/mol. The number of rotatable bonds is 11. The number of carboxylic acid groups (broad SMARTS) is 1.